The van der Waals surface area contributed by atoms with Crippen molar-refractivity contribution in [1.29, 1.82) is 0 Å². The maximum atomic E-state index is 13.0. The van der Waals surface area contributed by atoms with Gasteiger partial charge in [0, 0.05) is 32.7 Å². The van der Waals surface area contributed by atoms with Gasteiger partial charge in [-0.3, -0.25) is 4.99 Å². The monoisotopic (exact) mass is 376 g/mol. The molecule has 7 heteroatoms. The van der Waals surface area contributed by atoms with E-state index in [2.05, 4.69) is 34.4 Å². The van der Waals surface area contributed by atoms with Crippen LogP contribution in [0.15, 0.2) is 4.99 Å². The summed E-state index contributed by atoms with van der Waals surface area (Å²) in [5.74, 6) is 0.688. The summed E-state index contributed by atoms with van der Waals surface area (Å²) in [6.07, 6.45) is 0.111. The molecule has 3 unspecified atom stereocenters. The van der Waals surface area contributed by atoms with Gasteiger partial charge in [0.15, 0.2) is 5.96 Å². The zero-order valence-electron chi connectivity index (χ0n) is 16.4. The lowest BCUT2D eigenvalue weighted by Gasteiger charge is -2.35. The molecule has 1 heterocycles. The average molecular weight is 377 g/mol. The van der Waals surface area contributed by atoms with Crippen molar-refractivity contribution in [2.45, 2.75) is 64.6 Å². The molecule has 1 aliphatic carbocycles. The summed E-state index contributed by atoms with van der Waals surface area (Å²) >= 11 is 0. The van der Waals surface area contributed by atoms with Crippen molar-refractivity contribution in [1.82, 2.24) is 15.5 Å². The van der Waals surface area contributed by atoms with Gasteiger partial charge in [0.1, 0.15) is 0 Å². The van der Waals surface area contributed by atoms with Gasteiger partial charge in [-0.2, -0.15) is 13.2 Å². The molecule has 0 spiro atoms. The van der Waals surface area contributed by atoms with Crippen LogP contribution in [-0.4, -0.2) is 56.3 Å². The van der Waals surface area contributed by atoms with Crippen molar-refractivity contribution in [3.05, 3.63) is 0 Å². The third-order valence-corrected chi connectivity index (χ3v) is 5.49. The Morgan fingerprint density at radius 2 is 1.96 bits per heavy atom. The Morgan fingerprint density at radius 1 is 1.19 bits per heavy atom. The first-order valence-electron chi connectivity index (χ1n) is 10.0. The van der Waals surface area contributed by atoms with Crippen LogP contribution < -0.4 is 10.6 Å². The molecule has 26 heavy (non-hydrogen) atoms. The second-order valence-electron chi connectivity index (χ2n) is 8.36. The molecule has 3 atom stereocenters. The van der Waals surface area contributed by atoms with Gasteiger partial charge in [0.2, 0.25) is 0 Å². The van der Waals surface area contributed by atoms with Gasteiger partial charge in [-0.15, -0.1) is 0 Å². The van der Waals surface area contributed by atoms with Crippen LogP contribution in [0.5, 0.6) is 0 Å². The number of alkyl halides is 3. The van der Waals surface area contributed by atoms with E-state index < -0.39 is 12.1 Å². The van der Waals surface area contributed by atoms with Crippen LogP contribution in [0.1, 0.15) is 52.4 Å². The number of likely N-dealkylation sites (tertiary alicyclic amines) is 1. The van der Waals surface area contributed by atoms with Crippen LogP contribution in [0.25, 0.3) is 0 Å². The number of nitrogens with one attached hydrogen (secondary N) is 2. The van der Waals surface area contributed by atoms with Gasteiger partial charge >= 0.3 is 6.18 Å². The third-order valence-electron chi connectivity index (χ3n) is 5.49. The van der Waals surface area contributed by atoms with Gasteiger partial charge in [-0.05, 0) is 50.5 Å². The molecule has 1 saturated heterocycles. The fraction of sp³-hybridized carbons (Fsp3) is 0.947. The first-order chi connectivity index (χ1) is 12.3. The van der Waals surface area contributed by atoms with E-state index in [9.17, 15) is 13.2 Å². The maximum Gasteiger partial charge on any atom is 0.391 e. The second kappa shape index (κ2) is 9.81. The molecule has 1 aliphatic heterocycles. The Balaban J connectivity index is 1.77. The number of halogens is 3. The van der Waals surface area contributed by atoms with E-state index in [0.717, 1.165) is 26.1 Å². The first kappa shape index (κ1) is 21.3. The number of rotatable bonds is 5. The maximum absolute atomic E-state index is 13.0. The van der Waals surface area contributed by atoms with Crippen LogP contribution in [0.4, 0.5) is 13.2 Å². The van der Waals surface area contributed by atoms with E-state index in [-0.39, 0.29) is 18.9 Å². The molecule has 2 N–H and O–H groups in total. The molecule has 0 bridgehead atoms. The number of guanidine groups is 1. The standard InChI is InChI=1S/C19H35F3N4/c1-14(2)12-26-9-5-6-15(13-26)11-24-18(23-3)25-17-8-4-7-16(10-17)19(20,21)22/h14-17H,4-13H2,1-3H3,(H2,23,24,25). The smallest absolute Gasteiger partial charge is 0.356 e. The highest BCUT2D eigenvalue weighted by molar-refractivity contribution is 5.79. The number of aliphatic imine (C=N–C) groups is 1. The average Bonchev–Trinajstić information content (AvgIpc) is 2.58. The zero-order valence-corrected chi connectivity index (χ0v) is 16.4. The summed E-state index contributed by atoms with van der Waals surface area (Å²) in [7, 11) is 1.69. The SMILES string of the molecule is CN=C(NCC1CCCN(CC(C)C)C1)NC1CCCC(C(F)(F)F)C1. The highest BCUT2D eigenvalue weighted by Gasteiger charge is 2.42. The predicted octanol–water partition coefficient (Wildman–Crippen LogP) is 3.64. The van der Waals surface area contributed by atoms with Crippen molar-refractivity contribution in [3.63, 3.8) is 0 Å². The van der Waals surface area contributed by atoms with Crippen molar-refractivity contribution >= 4 is 5.96 Å². The highest BCUT2D eigenvalue weighted by Crippen LogP contribution is 2.37. The number of hydrogen-bond acceptors (Lipinski definition) is 2. The van der Waals surface area contributed by atoms with Crippen molar-refractivity contribution in [2.24, 2.45) is 22.7 Å². The van der Waals surface area contributed by atoms with Crippen LogP contribution >= 0.6 is 0 Å². The molecule has 2 aliphatic rings. The Morgan fingerprint density at radius 3 is 2.62 bits per heavy atom. The van der Waals surface area contributed by atoms with Crippen LogP contribution in [0.2, 0.25) is 0 Å². The van der Waals surface area contributed by atoms with Gasteiger partial charge < -0.3 is 15.5 Å². The summed E-state index contributed by atoms with van der Waals surface area (Å²) in [6, 6.07) is -0.148. The van der Waals surface area contributed by atoms with Gasteiger partial charge in [-0.1, -0.05) is 20.3 Å². The summed E-state index contributed by atoms with van der Waals surface area (Å²) < 4.78 is 38.9. The molecule has 2 rings (SSSR count). The van der Waals surface area contributed by atoms with E-state index in [1.54, 1.807) is 7.05 Å². The molecule has 2 fully saturated rings. The lowest BCUT2D eigenvalue weighted by molar-refractivity contribution is -0.183. The Kier molecular flexibility index (Phi) is 8.05. The van der Waals surface area contributed by atoms with E-state index >= 15 is 0 Å². The quantitative estimate of drug-likeness (QED) is 0.568. The van der Waals surface area contributed by atoms with Gasteiger partial charge in [-0.25, -0.2) is 0 Å². The third kappa shape index (κ3) is 6.97. The minimum Gasteiger partial charge on any atom is -0.356 e. The summed E-state index contributed by atoms with van der Waals surface area (Å²) in [5.41, 5.74) is 0. The predicted molar refractivity (Wildman–Crippen MR) is 100 cm³/mol. The summed E-state index contributed by atoms with van der Waals surface area (Å²) in [4.78, 5) is 6.74. The topological polar surface area (TPSA) is 39.7 Å². The van der Waals surface area contributed by atoms with Crippen LogP contribution in [0.3, 0.4) is 0 Å². The van der Waals surface area contributed by atoms with Crippen LogP contribution in [0, 0.1) is 17.8 Å². The Bertz CT molecular complexity index is 451. The highest BCUT2D eigenvalue weighted by atomic mass is 19.4. The summed E-state index contributed by atoms with van der Waals surface area (Å²) in [6.45, 7) is 8.69. The lowest BCUT2D eigenvalue weighted by atomic mass is 9.85. The largest absolute Gasteiger partial charge is 0.391 e. The lowest BCUT2D eigenvalue weighted by Crippen LogP contribution is -2.49. The van der Waals surface area contributed by atoms with Crippen molar-refractivity contribution in [3.8, 4) is 0 Å². The molecule has 152 valence electrons. The Labute approximate surface area is 156 Å². The zero-order chi connectivity index (χ0) is 19.2. The molecule has 0 radical (unpaired) electrons. The molecule has 0 amide bonds. The summed E-state index contributed by atoms with van der Waals surface area (Å²) in [5, 5.41) is 6.56. The van der Waals surface area contributed by atoms with Crippen LogP contribution in [-0.2, 0) is 0 Å². The minimum atomic E-state index is -4.08. The van der Waals surface area contributed by atoms with E-state index in [1.807, 2.05) is 0 Å². The normalized spacial score (nSPS) is 29.0. The number of piperidine rings is 1. The Hall–Kier alpha value is -0.980. The van der Waals surface area contributed by atoms with Crippen molar-refractivity contribution in [2.75, 3.05) is 33.2 Å². The molecular weight excluding hydrogens is 341 g/mol. The first-order valence-corrected chi connectivity index (χ1v) is 10.0. The fourth-order valence-corrected chi connectivity index (χ4v) is 4.25. The van der Waals surface area contributed by atoms with E-state index in [0.29, 0.717) is 24.2 Å². The second-order valence-corrected chi connectivity index (χ2v) is 8.36. The van der Waals surface area contributed by atoms with Gasteiger partial charge in [0.25, 0.3) is 0 Å². The number of hydrogen-bond donors (Lipinski definition) is 2. The molecule has 0 aromatic carbocycles. The van der Waals surface area contributed by atoms with E-state index in [4.69, 9.17) is 0 Å². The van der Waals surface area contributed by atoms with Crippen molar-refractivity contribution < 1.29 is 13.2 Å². The minimum absolute atomic E-state index is 0.148. The molecule has 0 aromatic heterocycles. The molecule has 0 aromatic rings. The molecule has 4 nitrogen and oxygen atoms in total. The number of nitrogens with zero attached hydrogens (tertiary/aromatic N) is 2. The fourth-order valence-electron chi connectivity index (χ4n) is 4.25. The molecule has 1 saturated carbocycles. The van der Waals surface area contributed by atoms with E-state index in [1.165, 1.54) is 19.4 Å². The molecular formula is C19H35F3N4. The van der Waals surface area contributed by atoms with Gasteiger partial charge in [0.05, 0.1) is 5.92 Å².